The van der Waals surface area contributed by atoms with Gasteiger partial charge in [-0.25, -0.2) is 4.98 Å². The molecule has 1 amide bonds. The van der Waals surface area contributed by atoms with Crippen molar-refractivity contribution in [3.05, 3.63) is 29.5 Å². The zero-order chi connectivity index (χ0) is 15.9. The fourth-order valence-electron chi connectivity index (χ4n) is 3.21. The first-order chi connectivity index (χ1) is 11.3. The van der Waals surface area contributed by atoms with Gasteiger partial charge in [0.2, 0.25) is 11.8 Å². The average molecular weight is 332 g/mol. The van der Waals surface area contributed by atoms with Gasteiger partial charge in [-0.1, -0.05) is 38.2 Å². The molecule has 0 aromatic carbocycles. The van der Waals surface area contributed by atoms with Crippen LogP contribution in [-0.4, -0.2) is 10.9 Å². The van der Waals surface area contributed by atoms with Crippen LogP contribution in [0.1, 0.15) is 57.1 Å². The summed E-state index contributed by atoms with van der Waals surface area (Å²) in [5.74, 6) is 1.59. The van der Waals surface area contributed by atoms with Gasteiger partial charge >= 0.3 is 0 Å². The largest absolute Gasteiger partial charge is 0.443 e. The summed E-state index contributed by atoms with van der Waals surface area (Å²) in [6, 6.07) is 3.95. The van der Waals surface area contributed by atoms with Crippen molar-refractivity contribution < 1.29 is 9.21 Å². The smallest absolute Gasteiger partial charge is 0.236 e. The molecule has 3 rings (SSSR count). The maximum absolute atomic E-state index is 11.9. The summed E-state index contributed by atoms with van der Waals surface area (Å²) in [4.78, 5) is 17.3. The van der Waals surface area contributed by atoms with Crippen LogP contribution < -0.4 is 5.32 Å². The highest BCUT2D eigenvalue weighted by Gasteiger charge is 2.14. The molecule has 0 saturated heterocycles. The van der Waals surface area contributed by atoms with Crippen molar-refractivity contribution in [2.24, 2.45) is 5.92 Å². The minimum atomic E-state index is 0.112. The van der Waals surface area contributed by atoms with Crippen molar-refractivity contribution >= 4 is 17.2 Å². The first-order valence-electron chi connectivity index (χ1n) is 8.56. The van der Waals surface area contributed by atoms with Gasteiger partial charge in [-0.05, 0) is 30.2 Å². The van der Waals surface area contributed by atoms with Crippen LogP contribution in [0.4, 0.5) is 0 Å². The molecule has 2 aromatic heterocycles. The van der Waals surface area contributed by atoms with Gasteiger partial charge in [-0.3, -0.25) is 4.79 Å². The molecule has 0 aliphatic heterocycles. The molecule has 0 bridgehead atoms. The topological polar surface area (TPSA) is 55.1 Å². The Balaban J connectivity index is 1.35. The summed E-state index contributed by atoms with van der Waals surface area (Å²) in [7, 11) is 0. The number of hydrogen-bond donors (Lipinski definition) is 1. The van der Waals surface area contributed by atoms with E-state index in [0.717, 1.165) is 22.9 Å². The standard InChI is InChI=1S/C18H24N2O2S/c21-17(10-4-8-14-6-2-1-3-7-14)19-12-15-13-22-18(20-15)16-9-5-11-23-16/h5,9,11,13-14H,1-4,6-8,10,12H2,(H,19,21). The van der Waals surface area contributed by atoms with E-state index in [1.807, 2.05) is 17.5 Å². The van der Waals surface area contributed by atoms with Crippen molar-refractivity contribution in [2.45, 2.75) is 57.9 Å². The lowest BCUT2D eigenvalue weighted by molar-refractivity contribution is -0.121. The monoisotopic (exact) mass is 332 g/mol. The van der Waals surface area contributed by atoms with Crippen LogP contribution in [0.3, 0.4) is 0 Å². The molecule has 0 spiro atoms. The molecule has 1 aliphatic carbocycles. The highest BCUT2D eigenvalue weighted by atomic mass is 32.1. The van der Waals surface area contributed by atoms with E-state index in [-0.39, 0.29) is 5.91 Å². The lowest BCUT2D eigenvalue weighted by Crippen LogP contribution is -2.22. The van der Waals surface area contributed by atoms with Crippen molar-refractivity contribution in [1.82, 2.24) is 10.3 Å². The van der Waals surface area contributed by atoms with E-state index in [0.29, 0.717) is 18.9 Å². The molecule has 1 fully saturated rings. The first-order valence-corrected chi connectivity index (χ1v) is 9.44. The van der Waals surface area contributed by atoms with E-state index in [1.54, 1.807) is 17.6 Å². The van der Waals surface area contributed by atoms with Crippen LogP contribution in [0, 0.1) is 5.92 Å². The maximum Gasteiger partial charge on any atom is 0.236 e. The molecule has 1 aliphatic rings. The number of carbonyl (C=O) groups excluding carboxylic acids is 1. The fraction of sp³-hybridized carbons (Fsp3) is 0.556. The van der Waals surface area contributed by atoms with E-state index in [1.165, 1.54) is 38.5 Å². The first kappa shape index (κ1) is 16.2. The Bertz CT molecular complexity index is 600. The van der Waals surface area contributed by atoms with E-state index in [4.69, 9.17) is 4.42 Å². The number of nitrogens with one attached hydrogen (secondary N) is 1. The van der Waals surface area contributed by atoms with Gasteiger partial charge < -0.3 is 9.73 Å². The molecule has 0 radical (unpaired) electrons. The van der Waals surface area contributed by atoms with E-state index >= 15 is 0 Å². The van der Waals surface area contributed by atoms with Gasteiger partial charge in [0.05, 0.1) is 17.1 Å². The Morgan fingerprint density at radius 1 is 1.35 bits per heavy atom. The molecule has 23 heavy (non-hydrogen) atoms. The van der Waals surface area contributed by atoms with Crippen LogP contribution in [0.15, 0.2) is 28.2 Å². The molecular weight excluding hydrogens is 308 g/mol. The number of thiophene rings is 1. The SMILES string of the molecule is O=C(CCCC1CCCCC1)NCc1coc(-c2cccs2)n1. The van der Waals surface area contributed by atoms with Gasteiger partial charge in [-0.2, -0.15) is 0 Å². The normalized spacial score (nSPS) is 15.7. The van der Waals surface area contributed by atoms with Gasteiger partial charge in [0.15, 0.2) is 0 Å². The third-order valence-corrected chi connectivity index (χ3v) is 5.35. The van der Waals surface area contributed by atoms with Crippen LogP contribution >= 0.6 is 11.3 Å². The zero-order valence-electron chi connectivity index (χ0n) is 13.4. The molecule has 2 aromatic rings. The summed E-state index contributed by atoms with van der Waals surface area (Å²) >= 11 is 1.59. The van der Waals surface area contributed by atoms with Crippen LogP contribution in [-0.2, 0) is 11.3 Å². The number of oxazole rings is 1. The van der Waals surface area contributed by atoms with E-state index in [2.05, 4.69) is 10.3 Å². The Morgan fingerprint density at radius 2 is 2.22 bits per heavy atom. The summed E-state index contributed by atoms with van der Waals surface area (Å²) in [5, 5.41) is 4.93. The molecule has 124 valence electrons. The minimum absolute atomic E-state index is 0.112. The zero-order valence-corrected chi connectivity index (χ0v) is 14.2. The van der Waals surface area contributed by atoms with E-state index in [9.17, 15) is 4.79 Å². The highest BCUT2D eigenvalue weighted by Crippen LogP contribution is 2.27. The molecule has 1 N–H and O–H groups in total. The molecule has 4 nitrogen and oxygen atoms in total. The second-order valence-electron chi connectivity index (χ2n) is 6.29. The van der Waals surface area contributed by atoms with Crippen LogP contribution in [0.2, 0.25) is 0 Å². The number of carbonyl (C=O) groups is 1. The third kappa shape index (κ3) is 4.93. The van der Waals surface area contributed by atoms with Crippen molar-refractivity contribution in [3.8, 4) is 10.8 Å². The van der Waals surface area contributed by atoms with Gasteiger partial charge in [0.1, 0.15) is 6.26 Å². The number of rotatable bonds is 7. The predicted octanol–water partition coefficient (Wildman–Crippen LogP) is 4.77. The summed E-state index contributed by atoms with van der Waals surface area (Å²) < 4.78 is 5.45. The number of amides is 1. The Hall–Kier alpha value is -1.62. The second kappa shape index (κ2) is 8.29. The van der Waals surface area contributed by atoms with Gasteiger partial charge in [0, 0.05) is 6.42 Å². The van der Waals surface area contributed by atoms with Crippen molar-refractivity contribution in [2.75, 3.05) is 0 Å². The Kier molecular flexibility index (Phi) is 5.86. The van der Waals surface area contributed by atoms with Crippen molar-refractivity contribution in [3.63, 3.8) is 0 Å². The number of hydrogen-bond acceptors (Lipinski definition) is 4. The quantitative estimate of drug-likeness (QED) is 0.794. The summed E-state index contributed by atoms with van der Waals surface area (Å²) in [5.41, 5.74) is 0.772. The Morgan fingerprint density at radius 3 is 3.00 bits per heavy atom. The minimum Gasteiger partial charge on any atom is -0.443 e. The third-order valence-electron chi connectivity index (χ3n) is 4.49. The molecule has 1 saturated carbocycles. The maximum atomic E-state index is 11.9. The summed E-state index contributed by atoms with van der Waals surface area (Å²) in [6.45, 7) is 0.442. The average Bonchev–Trinajstić information content (AvgIpc) is 3.25. The lowest BCUT2D eigenvalue weighted by atomic mass is 9.86. The van der Waals surface area contributed by atoms with Crippen LogP contribution in [0.5, 0.6) is 0 Å². The fourth-order valence-corrected chi connectivity index (χ4v) is 3.86. The lowest BCUT2D eigenvalue weighted by Gasteiger charge is -2.21. The number of nitrogens with zero attached hydrogens (tertiary/aromatic N) is 1. The van der Waals surface area contributed by atoms with Crippen LogP contribution in [0.25, 0.3) is 10.8 Å². The molecular formula is C18H24N2O2S. The van der Waals surface area contributed by atoms with Crippen molar-refractivity contribution in [1.29, 1.82) is 0 Å². The second-order valence-corrected chi connectivity index (χ2v) is 7.24. The molecule has 2 heterocycles. The Labute approximate surface area is 141 Å². The van der Waals surface area contributed by atoms with E-state index < -0.39 is 0 Å². The molecule has 0 unspecified atom stereocenters. The van der Waals surface area contributed by atoms with Gasteiger partial charge in [-0.15, -0.1) is 11.3 Å². The van der Waals surface area contributed by atoms with Gasteiger partial charge in [0.25, 0.3) is 0 Å². The predicted molar refractivity (Wildman–Crippen MR) is 92.1 cm³/mol. The summed E-state index contributed by atoms with van der Waals surface area (Å²) in [6.07, 6.45) is 11.3. The highest BCUT2D eigenvalue weighted by molar-refractivity contribution is 7.13. The molecule has 0 atom stereocenters. The molecule has 5 heteroatoms. The number of aromatic nitrogens is 1.